The molecule has 0 aromatic rings. The van der Waals surface area contributed by atoms with Crippen LogP contribution >= 0.6 is 0 Å². The van der Waals surface area contributed by atoms with E-state index in [0.29, 0.717) is 0 Å². The molecule has 5 aliphatic heterocycles. The van der Waals surface area contributed by atoms with Crippen LogP contribution < -0.4 is 0 Å². The molecule has 16 heteroatoms. The van der Waals surface area contributed by atoms with E-state index in [0.717, 1.165) is 0 Å². The van der Waals surface area contributed by atoms with Gasteiger partial charge in [0.15, 0.2) is 24.4 Å². The first-order valence-electron chi connectivity index (χ1n) is 20.4. The van der Waals surface area contributed by atoms with Gasteiger partial charge in [-0.05, 0) is 49.4 Å². The zero-order valence-electron chi connectivity index (χ0n) is 34.1. The summed E-state index contributed by atoms with van der Waals surface area (Å²) in [7, 11) is 0. The number of hydrogen-bond donors (Lipinski definition) is 0. The van der Waals surface area contributed by atoms with Gasteiger partial charge in [-0.15, -0.1) is 0 Å². The molecule has 56 heavy (non-hydrogen) atoms. The highest BCUT2D eigenvalue weighted by Gasteiger charge is 2.50. The highest BCUT2D eigenvalue weighted by molar-refractivity contribution is 5.96. The Morgan fingerprint density at radius 3 is 0.714 bits per heavy atom. The standard InChI is InChI=1S/C40H60N4O12/c1-21(2)17-25-37(49)53-30-10-14-42(34(30)46)27(19-23(5)6)39(51)55-32-12-16-44(36(32)48)28(20-24(7)8)40(52)56-31-11-15-43(35(31)47)26(18-22(3)4)38(50)54-29-9-13-41(25)33(29)45/h21-32H,9-20H2,1-8H3/t25-,26?,27?,28?,29+,30+,31+,32+/m0/s1. The molecule has 312 valence electrons. The van der Waals surface area contributed by atoms with Crippen LogP contribution in [-0.4, -0.2) is 142 Å². The van der Waals surface area contributed by atoms with E-state index >= 15 is 0 Å². The summed E-state index contributed by atoms with van der Waals surface area (Å²) in [5.74, 6) is -5.61. The van der Waals surface area contributed by atoms with Crippen LogP contribution in [-0.2, 0) is 57.3 Å². The molecule has 5 rings (SSSR count). The van der Waals surface area contributed by atoms with Crippen LogP contribution in [0.25, 0.3) is 0 Å². The number of amides is 4. The monoisotopic (exact) mass is 788 g/mol. The average Bonchev–Trinajstić information content (AvgIpc) is 3.86. The lowest BCUT2D eigenvalue weighted by atomic mass is 10.0. The second kappa shape index (κ2) is 17.9. The number of esters is 4. The van der Waals surface area contributed by atoms with Gasteiger partial charge in [-0.25, -0.2) is 19.2 Å². The quantitative estimate of drug-likeness (QED) is 0.258. The van der Waals surface area contributed by atoms with Crippen molar-refractivity contribution in [3.8, 4) is 0 Å². The summed E-state index contributed by atoms with van der Waals surface area (Å²) in [6.45, 7) is 15.5. The normalized spacial score (nSPS) is 31.2. The van der Waals surface area contributed by atoms with Crippen LogP contribution in [0.2, 0.25) is 0 Å². The number of hydrogen-bond acceptors (Lipinski definition) is 12. The Morgan fingerprint density at radius 2 is 0.554 bits per heavy atom. The van der Waals surface area contributed by atoms with Crippen molar-refractivity contribution >= 4 is 47.5 Å². The van der Waals surface area contributed by atoms with Crippen molar-refractivity contribution in [3.63, 3.8) is 0 Å². The van der Waals surface area contributed by atoms with Crippen LogP contribution in [0.4, 0.5) is 0 Å². The minimum Gasteiger partial charge on any atom is -0.451 e. The van der Waals surface area contributed by atoms with E-state index in [2.05, 4.69) is 0 Å². The summed E-state index contributed by atoms with van der Waals surface area (Å²) in [5.41, 5.74) is 0. The van der Waals surface area contributed by atoms with Gasteiger partial charge in [0.2, 0.25) is 0 Å². The number of rotatable bonds is 8. The third-order valence-corrected chi connectivity index (χ3v) is 11.2. The van der Waals surface area contributed by atoms with Crippen molar-refractivity contribution in [1.29, 1.82) is 0 Å². The molecule has 0 aliphatic carbocycles. The summed E-state index contributed by atoms with van der Waals surface area (Å²) in [4.78, 5) is 116. The van der Waals surface area contributed by atoms with Gasteiger partial charge in [0, 0.05) is 51.9 Å². The van der Waals surface area contributed by atoms with Crippen LogP contribution in [0.15, 0.2) is 0 Å². The van der Waals surface area contributed by atoms with E-state index in [-0.39, 0.29) is 101 Å². The van der Waals surface area contributed by atoms with Gasteiger partial charge < -0.3 is 38.5 Å². The molecule has 0 aromatic heterocycles. The van der Waals surface area contributed by atoms with Gasteiger partial charge in [-0.3, -0.25) is 19.2 Å². The molecular formula is C40H60N4O12. The molecule has 0 radical (unpaired) electrons. The van der Waals surface area contributed by atoms with E-state index in [9.17, 15) is 38.4 Å². The van der Waals surface area contributed by atoms with E-state index in [1.807, 2.05) is 55.4 Å². The van der Waals surface area contributed by atoms with Crippen LogP contribution in [0.5, 0.6) is 0 Å². The molecular weight excluding hydrogens is 728 g/mol. The molecule has 0 spiro atoms. The lowest BCUT2D eigenvalue weighted by Gasteiger charge is -2.31. The third kappa shape index (κ3) is 9.47. The fourth-order valence-corrected chi connectivity index (χ4v) is 8.44. The molecule has 5 saturated heterocycles. The third-order valence-electron chi connectivity index (χ3n) is 11.2. The second-order valence-corrected chi connectivity index (χ2v) is 17.6. The van der Waals surface area contributed by atoms with Gasteiger partial charge in [-0.2, -0.15) is 0 Å². The lowest BCUT2D eigenvalue weighted by molar-refractivity contribution is -0.171. The minimum atomic E-state index is -1.21. The predicted octanol–water partition coefficient (Wildman–Crippen LogP) is 2.24. The van der Waals surface area contributed by atoms with Gasteiger partial charge in [-0.1, -0.05) is 55.4 Å². The molecule has 4 amide bonds. The zero-order valence-corrected chi connectivity index (χ0v) is 34.1. The largest absolute Gasteiger partial charge is 0.451 e. The topological polar surface area (TPSA) is 186 Å². The van der Waals surface area contributed by atoms with Crippen molar-refractivity contribution < 1.29 is 57.3 Å². The Hall–Kier alpha value is -4.24. The van der Waals surface area contributed by atoms with E-state index < -0.39 is 96.1 Å². The van der Waals surface area contributed by atoms with Crippen LogP contribution in [0, 0.1) is 23.7 Å². The van der Waals surface area contributed by atoms with Gasteiger partial charge >= 0.3 is 23.9 Å². The SMILES string of the molecule is CC(C)CC1C(=O)O[C@@H]2CCN(C2=O)C(CC(C)C)C(=O)O[C@@H]2CCN(C2=O)[C@@H](CC(C)C)C(=O)O[C@@H]2CCN(C2=O)C(CC(C)C)C(=O)O[C@@H]2CCN1C2=O. The molecule has 0 N–H and O–H groups in total. The highest BCUT2D eigenvalue weighted by Crippen LogP contribution is 2.31. The second-order valence-electron chi connectivity index (χ2n) is 17.6. The first-order chi connectivity index (χ1) is 26.4. The number of carbonyl (C=O) groups excluding carboxylic acids is 8. The van der Waals surface area contributed by atoms with Crippen molar-refractivity contribution in [3.05, 3.63) is 0 Å². The summed E-state index contributed by atoms with van der Waals surface area (Å²) in [5, 5.41) is 0. The number of nitrogens with zero attached hydrogens (tertiary/aromatic N) is 4. The van der Waals surface area contributed by atoms with E-state index in [4.69, 9.17) is 18.9 Å². The van der Waals surface area contributed by atoms with Gasteiger partial charge in [0.05, 0.1) is 0 Å². The molecule has 3 unspecified atom stereocenters. The summed E-state index contributed by atoms with van der Waals surface area (Å²) < 4.78 is 23.2. The van der Waals surface area contributed by atoms with Crippen molar-refractivity contribution in [2.45, 2.75) is 155 Å². The molecule has 8 bridgehead atoms. The van der Waals surface area contributed by atoms with Crippen molar-refractivity contribution in [1.82, 2.24) is 19.6 Å². The van der Waals surface area contributed by atoms with Crippen LogP contribution in [0.3, 0.4) is 0 Å². The Balaban J connectivity index is 1.48. The molecule has 5 aliphatic rings. The molecule has 5 heterocycles. The fraction of sp³-hybridized carbons (Fsp3) is 0.800. The summed E-state index contributed by atoms with van der Waals surface area (Å²) in [6.07, 6.45) is -3.50. The van der Waals surface area contributed by atoms with Crippen molar-refractivity contribution in [2.75, 3.05) is 26.2 Å². The Kier molecular flexibility index (Phi) is 13.7. The molecule has 0 saturated carbocycles. The Labute approximate surface area is 329 Å². The first kappa shape index (κ1) is 42.9. The first-order valence-corrected chi connectivity index (χ1v) is 20.4. The zero-order chi connectivity index (χ0) is 41.2. The molecule has 16 nitrogen and oxygen atoms in total. The number of ether oxygens (including phenoxy) is 4. The van der Waals surface area contributed by atoms with E-state index in [1.54, 1.807) is 0 Å². The molecule has 8 atom stereocenters. The highest BCUT2D eigenvalue weighted by atomic mass is 16.6. The summed E-state index contributed by atoms with van der Waals surface area (Å²) in [6, 6.07) is -4.25. The number of fused-ring (bicyclic) bond motifs is 8. The van der Waals surface area contributed by atoms with Crippen molar-refractivity contribution in [2.24, 2.45) is 23.7 Å². The predicted molar refractivity (Wildman–Crippen MR) is 198 cm³/mol. The lowest BCUT2D eigenvalue weighted by Crippen LogP contribution is -2.50. The molecule has 5 fully saturated rings. The minimum absolute atomic E-state index is 0.0525. The number of carbonyl (C=O) groups is 8. The van der Waals surface area contributed by atoms with Crippen LogP contribution in [0.1, 0.15) is 107 Å². The summed E-state index contributed by atoms with van der Waals surface area (Å²) >= 11 is 0. The van der Waals surface area contributed by atoms with E-state index in [1.165, 1.54) is 19.6 Å². The van der Waals surface area contributed by atoms with Gasteiger partial charge in [0.1, 0.15) is 24.2 Å². The molecule has 0 aromatic carbocycles. The smallest absolute Gasteiger partial charge is 0.329 e. The van der Waals surface area contributed by atoms with Gasteiger partial charge in [0.25, 0.3) is 23.6 Å². The maximum atomic E-state index is 13.8. The average molecular weight is 789 g/mol. The fourth-order valence-electron chi connectivity index (χ4n) is 8.44. The Morgan fingerprint density at radius 1 is 0.375 bits per heavy atom. The Bertz CT molecular complexity index is 1320. The maximum absolute atomic E-state index is 13.8. The maximum Gasteiger partial charge on any atom is 0.329 e.